The fraction of sp³-hybridized carbons (Fsp3) is 0.286. The van der Waals surface area contributed by atoms with E-state index in [1.165, 1.54) is 30.0 Å². The van der Waals surface area contributed by atoms with Crippen molar-refractivity contribution in [3.8, 4) is 0 Å². The SMILES string of the molecule is Cn1c(CCC(N)=O)nnc1SCC(=O)c1ccccc1F. The number of hydrogen-bond donors (Lipinski definition) is 1. The molecule has 8 heteroatoms. The Balaban J connectivity index is 1.99. The van der Waals surface area contributed by atoms with Crippen LogP contribution in [-0.2, 0) is 18.3 Å². The van der Waals surface area contributed by atoms with Gasteiger partial charge >= 0.3 is 0 Å². The fourth-order valence-corrected chi connectivity index (χ4v) is 2.63. The highest BCUT2D eigenvalue weighted by molar-refractivity contribution is 7.99. The van der Waals surface area contributed by atoms with Crippen molar-refractivity contribution in [2.24, 2.45) is 12.8 Å². The van der Waals surface area contributed by atoms with Crippen LogP contribution in [0.4, 0.5) is 4.39 Å². The normalized spacial score (nSPS) is 10.6. The molecule has 1 aromatic heterocycles. The maximum atomic E-state index is 13.5. The van der Waals surface area contributed by atoms with E-state index in [-0.39, 0.29) is 23.5 Å². The van der Waals surface area contributed by atoms with Crippen LogP contribution in [0.1, 0.15) is 22.6 Å². The molecule has 6 nitrogen and oxygen atoms in total. The predicted octanol–water partition coefficient (Wildman–Crippen LogP) is 1.35. The average Bonchev–Trinajstić information content (AvgIpc) is 2.83. The van der Waals surface area contributed by atoms with Gasteiger partial charge in [-0.2, -0.15) is 0 Å². The summed E-state index contributed by atoms with van der Waals surface area (Å²) in [4.78, 5) is 22.8. The Kier molecular flexibility index (Phi) is 5.26. The Labute approximate surface area is 130 Å². The molecule has 0 bridgehead atoms. The van der Waals surface area contributed by atoms with Crippen molar-refractivity contribution in [1.29, 1.82) is 0 Å². The number of carbonyl (C=O) groups excluding carboxylic acids is 2. The predicted molar refractivity (Wildman–Crippen MR) is 80.0 cm³/mol. The molecule has 0 unspecified atom stereocenters. The molecule has 2 N–H and O–H groups in total. The number of rotatable bonds is 7. The maximum Gasteiger partial charge on any atom is 0.217 e. The van der Waals surface area contributed by atoms with Crippen molar-refractivity contribution in [2.75, 3.05) is 5.75 Å². The van der Waals surface area contributed by atoms with E-state index >= 15 is 0 Å². The zero-order valence-electron chi connectivity index (χ0n) is 12.0. The van der Waals surface area contributed by atoms with Gasteiger partial charge in [0.15, 0.2) is 10.9 Å². The molecule has 2 aromatic rings. The number of ketones is 1. The molecule has 1 aromatic carbocycles. The van der Waals surface area contributed by atoms with Crippen molar-refractivity contribution in [3.63, 3.8) is 0 Å². The third-order valence-corrected chi connectivity index (χ3v) is 4.05. The molecule has 0 radical (unpaired) electrons. The van der Waals surface area contributed by atoms with Gasteiger partial charge < -0.3 is 10.3 Å². The number of nitrogens with two attached hydrogens (primary N) is 1. The van der Waals surface area contributed by atoms with Gasteiger partial charge in [0, 0.05) is 19.9 Å². The summed E-state index contributed by atoms with van der Waals surface area (Å²) < 4.78 is 15.2. The zero-order chi connectivity index (χ0) is 16.1. The monoisotopic (exact) mass is 322 g/mol. The van der Waals surface area contributed by atoms with Crippen molar-refractivity contribution >= 4 is 23.5 Å². The summed E-state index contributed by atoms with van der Waals surface area (Å²) in [6, 6.07) is 5.85. The van der Waals surface area contributed by atoms with E-state index in [4.69, 9.17) is 5.73 Å². The first-order valence-corrected chi connectivity index (χ1v) is 7.54. The number of Topliss-reactive ketones (excluding diaryl/α,β-unsaturated/α-hetero) is 1. The molecule has 0 saturated heterocycles. The van der Waals surface area contributed by atoms with E-state index in [9.17, 15) is 14.0 Å². The minimum absolute atomic E-state index is 0.0583. The molecular weight excluding hydrogens is 307 g/mol. The minimum Gasteiger partial charge on any atom is -0.370 e. The second kappa shape index (κ2) is 7.17. The van der Waals surface area contributed by atoms with Gasteiger partial charge in [-0.05, 0) is 12.1 Å². The number of hydrogen-bond acceptors (Lipinski definition) is 5. The molecule has 0 spiro atoms. The van der Waals surface area contributed by atoms with Gasteiger partial charge in [0.2, 0.25) is 5.91 Å². The van der Waals surface area contributed by atoms with Gasteiger partial charge in [0.1, 0.15) is 11.6 Å². The topological polar surface area (TPSA) is 90.9 Å². The Bertz CT molecular complexity index is 702. The summed E-state index contributed by atoms with van der Waals surface area (Å²) in [5.41, 5.74) is 5.15. The van der Waals surface area contributed by atoms with E-state index in [2.05, 4.69) is 10.2 Å². The van der Waals surface area contributed by atoms with Crippen molar-refractivity contribution in [3.05, 3.63) is 41.5 Å². The summed E-state index contributed by atoms with van der Waals surface area (Å²) >= 11 is 1.17. The lowest BCUT2D eigenvalue weighted by molar-refractivity contribution is -0.118. The van der Waals surface area contributed by atoms with Crippen LogP contribution in [0, 0.1) is 5.82 Å². The number of aryl methyl sites for hydroxylation is 1. The molecule has 0 fully saturated rings. The van der Waals surface area contributed by atoms with Crippen molar-refractivity contribution in [1.82, 2.24) is 14.8 Å². The number of aromatic nitrogens is 3. The van der Waals surface area contributed by atoms with Crippen LogP contribution < -0.4 is 5.73 Å². The highest BCUT2D eigenvalue weighted by Gasteiger charge is 2.15. The standard InChI is InChI=1S/C14H15FN4O2S/c1-19-13(7-6-12(16)21)17-18-14(19)22-8-11(20)9-4-2-3-5-10(9)15/h2-5H,6-8H2,1H3,(H2,16,21). The summed E-state index contributed by atoms with van der Waals surface area (Å²) in [6.45, 7) is 0. The highest BCUT2D eigenvalue weighted by atomic mass is 32.2. The third kappa shape index (κ3) is 3.91. The Hall–Kier alpha value is -2.22. The van der Waals surface area contributed by atoms with E-state index < -0.39 is 11.7 Å². The van der Waals surface area contributed by atoms with E-state index in [1.54, 1.807) is 17.7 Å². The smallest absolute Gasteiger partial charge is 0.217 e. The second-order valence-corrected chi connectivity index (χ2v) is 5.56. The quantitative estimate of drug-likeness (QED) is 0.614. The van der Waals surface area contributed by atoms with Gasteiger partial charge in [-0.15, -0.1) is 10.2 Å². The second-order valence-electron chi connectivity index (χ2n) is 4.62. The molecular formula is C14H15FN4O2S. The molecule has 0 aliphatic rings. The first kappa shape index (κ1) is 16.2. The van der Waals surface area contributed by atoms with Crippen LogP contribution in [0.3, 0.4) is 0 Å². The van der Waals surface area contributed by atoms with Gasteiger partial charge in [0.05, 0.1) is 11.3 Å². The van der Waals surface area contributed by atoms with Gasteiger partial charge in [-0.3, -0.25) is 9.59 Å². The van der Waals surface area contributed by atoms with Crippen molar-refractivity contribution in [2.45, 2.75) is 18.0 Å². The highest BCUT2D eigenvalue weighted by Crippen LogP contribution is 2.19. The molecule has 1 amide bonds. The largest absolute Gasteiger partial charge is 0.370 e. The van der Waals surface area contributed by atoms with Crippen LogP contribution in [0.5, 0.6) is 0 Å². The zero-order valence-corrected chi connectivity index (χ0v) is 12.8. The van der Waals surface area contributed by atoms with Gasteiger partial charge in [0.25, 0.3) is 0 Å². The first-order valence-electron chi connectivity index (χ1n) is 6.56. The summed E-state index contributed by atoms with van der Waals surface area (Å²) in [6.07, 6.45) is 0.575. The summed E-state index contributed by atoms with van der Waals surface area (Å²) in [5.74, 6) is -0.590. The lowest BCUT2D eigenvalue weighted by Crippen LogP contribution is -2.13. The molecule has 0 aliphatic heterocycles. The molecule has 0 atom stereocenters. The molecule has 0 saturated carbocycles. The number of nitrogens with zero attached hydrogens (tertiary/aromatic N) is 3. The maximum absolute atomic E-state index is 13.5. The summed E-state index contributed by atoms with van der Waals surface area (Å²) in [5, 5.41) is 8.45. The number of amides is 1. The number of halogens is 1. The first-order chi connectivity index (χ1) is 10.5. The molecule has 116 valence electrons. The lowest BCUT2D eigenvalue weighted by atomic mass is 10.1. The molecule has 1 heterocycles. The number of primary amides is 1. The van der Waals surface area contributed by atoms with Crippen LogP contribution >= 0.6 is 11.8 Å². The van der Waals surface area contributed by atoms with E-state index in [0.717, 1.165) is 0 Å². The van der Waals surface area contributed by atoms with E-state index in [1.807, 2.05) is 0 Å². The number of thioether (sulfide) groups is 1. The Morgan fingerprint density at radius 2 is 2.05 bits per heavy atom. The fourth-order valence-electron chi connectivity index (χ4n) is 1.82. The molecule has 0 aliphatic carbocycles. The number of benzene rings is 1. The number of carbonyl (C=O) groups is 2. The van der Waals surface area contributed by atoms with Crippen LogP contribution in [-0.4, -0.2) is 32.2 Å². The minimum atomic E-state index is -0.534. The van der Waals surface area contributed by atoms with E-state index in [0.29, 0.717) is 17.4 Å². The van der Waals surface area contributed by atoms with Gasteiger partial charge in [-0.25, -0.2) is 4.39 Å². The molecule has 22 heavy (non-hydrogen) atoms. The van der Waals surface area contributed by atoms with Crippen LogP contribution in [0.25, 0.3) is 0 Å². The van der Waals surface area contributed by atoms with Gasteiger partial charge in [-0.1, -0.05) is 23.9 Å². The van der Waals surface area contributed by atoms with Crippen LogP contribution in [0.2, 0.25) is 0 Å². The average molecular weight is 322 g/mol. The van der Waals surface area contributed by atoms with Crippen LogP contribution in [0.15, 0.2) is 29.4 Å². The Morgan fingerprint density at radius 1 is 1.32 bits per heavy atom. The Morgan fingerprint density at radius 3 is 2.73 bits per heavy atom. The summed E-state index contributed by atoms with van der Waals surface area (Å²) in [7, 11) is 1.74. The lowest BCUT2D eigenvalue weighted by Gasteiger charge is -2.04. The molecule has 2 rings (SSSR count). The van der Waals surface area contributed by atoms with Crippen molar-refractivity contribution < 1.29 is 14.0 Å². The third-order valence-electron chi connectivity index (χ3n) is 3.03.